The van der Waals surface area contributed by atoms with E-state index in [0.29, 0.717) is 0 Å². The number of aromatic nitrogens is 1. The number of unbranched alkanes of at least 4 members (excludes halogenated alkanes) is 1. The van der Waals surface area contributed by atoms with E-state index in [1.165, 1.54) is 17.4 Å². The van der Waals surface area contributed by atoms with Crippen molar-refractivity contribution in [1.29, 1.82) is 0 Å². The molecule has 0 bridgehead atoms. The van der Waals surface area contributed by atoms with Crippen molar-refractivity contribution in [3.63, 3.8) is 0 Å². The Kier molecular flexibility index (Phi) is 2.86. The van der Waals surface area contributed by atoms with Gasteiger partial charge in [-0.05, 0) is 24.3 Å². The van der Waals surface area contributed by atoms with Crippen molar-refractivity contribution in [2.75, 3.05) is 0 Å². The largest absolute Gasteiger partial charge is 0.285 e. The maximum absolute atomic E-state index is 9.53. The number of fused-ring (bicyclic) bond motifs is 1. The fourth-order valence-electron chi connectivity index (χ4n) is 1.88. The molecule has 0 aliphatic rings. The zero-order valence-electron chi connectivity index (χ0n) is 8.98. The Morgan fingerprint density at radius 2 is 2.00 bits per heavy atom. The summed E-state index contributed by atoms with van der Waals surface area (Å²) in [7, 11) is 0. The minimum atomic E-state index is 1.03. The van der Waals surface area contributed by atoms with Gasteiger partial charge in [0, 0.05) is 10.3 Å². The Balaban J connectivity index is 2.50. The van der Waals surface area contributed by atoms with Gasteiger partial charge in [-0.15, -0.1) is 0 Å². The molecule has 2 aromatic rings. The predicted octanol–water partition coefficient (Wildman–Crippen LogP) is 2.71. The molecular formula is C13H16NO+. The van der Waals surface area contributed by atoms with Gasteiger partial charge >= 0.3 is 0 Å². The van der Waals surface area contributed by atoms with Crippen LogP contribution in [0.25, 0.3) is 10.8 Å². The molecule has 0 unspecified atom stereocenters. The van der Waals surface area contributed by atoms with E-state index in [9.17, 15) is 5.21 Å². The molecule has 0 fully saturated rings. The highest BCUT2D eigenvalue weighted by molar-refractivity contribution is 5.83. The van der Waals surface area contributed by atoms with Crippen molar-refractivity contribution >= 4 is 10.8 Å². The van der Waals surface area contributed by atoms with Crippen LogP contribution in [0.1, 0.15) is 25.3 Å². The minimum absolute atomic E-state index is 1.03. The van der Waals surface area contributed by atoms with Gasteiger partial charge in [0.15, 0.2) is 0 Å². The van der Waals surface area contributed by atoms with E-state index >= 15 is 0 Å². The highest BCUT2D eigenvalue weighted by Crippen LogP contribution is 2.17. The Hall–Kier alpha value is -1.57. The Bertz CT molecular complexity index is 465. The number of hydrogen-bond donors (Lipinski definition) is 1. The van der Waals surface area contributed by atoms with E-state index in [-0.39, 0.29) is 0 Å². The molecule has 1 heterocycles. The summed E-state index contributed by atoms with van der Waals surface area (Å²) in [6.45, 7) is 2.18. The van der Waals surface area contributed by atoms with E-state index in [1.807, 2.05) is 18.2 Å². The molecule has 0 amide bonds. The monoisotopic (exact) mass is 202 g/mol. The van der Waals surface area contributed by atoms with Crippen molar-refractivity contribution in [1.82, 2.24) is 0 Å². The molecule has 78 valence electrons. The molecule has 2 heteroatoms. The normalized spacial score (nSPS) is 10.7. The second-order valence-electron chi connectivity index (χ2n) is 3.85. The smallest absolute Gasteiger partial charge is 0.230 e. The third-order valence-corrected chi connectivity index (χ3v) is 2.67. The summed E-state index contributed by atoms with van der Waals surface area (Å²) >= 11 is 0. The fourth-order valence-corrected chi connectivity index (χ4v) is 1.88. The second kappa shape index (κ2) is 4.30. The van der Waals surface area contributed by atoms with Gasteiger partial charge in [-0.25, -0.2) is 0 Å². The van der Waals surface area contributed by atoms with Crippen molar-refractivity contribution in [3.05, 3.63) is 42.2 Å². The molecule has 0 saturated carbocycles. The lowest BCUT2D eigenvalue weighted by Gasteiger charge is -2.02. The molecular weight excluding hydrogens is 186 g/mol. The molecule has 0 saturated heterocycles. The maximum Gasteiger partial charge on any atom is 0.230 e. The fraction of sp³-hybridized carbons (Fsp3) is 0.308. The summed E-state index contributed by atoms with van der Waals surface area (Å²) in [6.07, 6.45) is 6.91. The number of benzene rings is 1. The average Bonchev–Trinajstić information content (AvgIpc) is 2.25. The third-order valence-electron chi connectivity index (χ3n) is 2.67. The first-order chi connectivity index (χ1) is 7.31. The molecule has 1 aromatic heterocycles. The molecule has 1 aromatic carbocycles. The molecule has 0 spiro atoms. The molecule has 0 radical (unpaired) electrons. The van der Waals surface area contributed by atoms with Gasteiger partial charge in [0.05, 0.1) is 5.39 Å². The Morgan fingerprint density at radius 3 is 2.80 bits per heavy atom. The first-order valence-corrected chi connectivity index (χ1v) is 5.43. The van der Waals surface area contributed by atoms with Crippen LogP contribution in [-0.4, -0.2) is 5.21 Å². The Morgan fingerprint density at radius 1 is 1.20 bits per heavy atom. The average molecular weight is 202 g/mol. The van der Waals surface area contributed by atoms with Crippen LogP contribution >= 0.6 is 0 Å². The summed E-state index contributed by atoms with van der Waals surface area (Å²) in [6, 6.07) is 8.17. The number of rotatable bonds is 3. The van der Waals surface area contributed by atoms with Crippen LogP contribution in [0, 0.1) is 0 Å². The van der Waals surface area contributed by atoms with Crippen LogP contribution < -0.4 is 4.73 Å². The molecule has 0 atom stereocenters. The van der Waals surface area contributed by atoms with E-state index in [4.69, 9.17) is 0 Å². The lowest BCUT2D eigenvalue weighted by molar-refractivity contribution is -0.904. The summed E-state index contributed by atoms with van der Waals surface area (Å²) in [4.78, 5) is 0. The molecule has 0 aliphatic heterocycles. The van der Waals surface area contributed by atoms with Gasteiger partial charge < -0.3 is 0 Å². The van der Waals surface area contributed by atoms with Crippen molar-refractivity contribution in [3.8, 4) is 0 Å². The first kappa shape index (κ1) is 9.97. The molecule has 1 N–H and O–H groups in total. The molecule has 2 nitrogen and oxygen atoms in total. The number of pyridine rings is 1. The van der Waals surface area contributed by atoms with Crippen LogP contribution in [0.4, 0.5) is 0 Å². The zero-order valence-corrected chi connectivity index (χ0v) is 8.98. The molecule has 15 heavy (non-hydrogen) atoms. The maximum atomic E-state index is 9.53. The van der Waals surface area contributed by atoms with Crippen molar-refractivity contribution in [2.24, 2.45) is 0 Å². The summed E-state index contributed by atoms with van der Waals surface area (Å²) in [5.74, 6) is 0. The van der Waals surface area contributed by atoms with Gasteiger partial charge in [-0.1, -0.05) is 31.5 Å². The first-order valence-electron chi connectivity index (χ1n) is 5.43. The van der Waals surface area contributed by atoms with E-state index in [0.717, 1.165) is 23.0 Å². The Labute approximate surface area is 89.8 Å². The lowest BCUT2D eigenvalue weighted by Crippen LogP contribution is -2.29. The molecule has 2 rings (SSSR count). The van der Waals surface area contributed by atoms with Crippen LogP contribution in [-0.2, 0) is 6.42 Å². The lowest BCUT2D eigenvalue weighted by atomic mass is 10.0. The standard InChI is InChI=1S/C13H16NO/c1-2-3-6-11-9-14(15)10-12-7-4-5-8-13(11)12/h4-5,7-10,15H,2-3,6H2,1H3/q+1. The van der Waals surface area contributed by atoms with Crippen molar-refractivity contribution < 1.29 is 9.94 Å². The van der Waals surface area contributed by atoms with Crippen LogP contribution in [0.3, 0.4) is 0 Å². The quantitative estimate of drug-likeness (QED) is 0.600. The third kappa shape index (κ3) is 2.09. The number of hydrogen-bond acceptors (Lipinski definition) is 1. The number of aryl methyl sites for hydroxylation is 1. The van der Waals surface area contributed by atoms with Gasteiger partial charge in [0.25, 0.3) is 0 Å². The predicted molar refractivity (Wildman–Crippen MR) is 59.9 cm³/mol. The topological polar surface area (TPSA) is 24.1 Å². The minimum Gasteiger partial charge on any atom is -0.285 e. The molecule has 0 aliphatic carbocycles. The van der Waals surface area contributed by atoms with Crippen LogP contribution in [0.5, 0.6) is 0 Å². The van der Waals surface area contributed by atoms with Gasteiger partial charge in [0.2, 0.25) is 12.4 Å². The van der Waals surface area contributed by atoms with Crippen LogP contribution in [0.15, 0.2) is 36.7 Å². The summed E-state index contributed by atoms with van der Waals surface area (Å²) in [5, 5.41) is 11.9. The second-order valence-corrected chi connectivity index (χ2v) is 3.85. The van der Waals surface area contributed by atoms with E-state index < -0.39 is 0 Å². The summed E-state index contributed by atoms with van der Waals surface area (Å²) in [5.41, 5.74) is 1.22. The SMILES string of the molecule is CCCCc1c[n+](O)cc2ccccc12. The van der Waals surface area contributed by atoms with Gasteiger partial charge in [-0.2, -0.15) is 0 Å². The summed E-state index contributed by atoms with van der Waals surface area (Å²) < 4.78 is 1.16. The van der Waals surface area contributed by atoms with E-state index in [2.05, 4.69) is 13.0 Å². The van der Waals surface area contributed by atoms with Gasteiger partial charge in [-0.3, -0.25) is 5.21 Å². The number of nitrogens with zero attached hydrogens (tertiary/aromatic N) is 1. The highest BCUT2D eigenvalue weighted by atomic mass is 16.5. The van der Waals surface area contributed by atoms with Gasteiger partial charge in [0.1, 0.15) is 0 Å². The highest BCUT2D eigenvalue weighted by Gasteiger charge is 2.08. The van der Waals surface area contributed by atoms with Crippen molar-refractivity contribution in [2.45, 2.75) is 26.2 Å². The van der Waals surface area contributed by atoms with E-state index in [1.54, 1.807) is 12.4 Å². The zero-order chi connectivity index (χ0) is 10.7. The van der Waals surface area contributed by atoms with Crippen LogP contribution in [0.2, 0.25) is 0 Å².